The maximum absolute atomic E-state index is 12.4. The van der Waals surface area contributed by atoms with Crippen molar-refractivity contribution in [3.05, 3.63) is 29.3 Å². The quantitative estimate of drug-likeness (QED) is 0.823. The van der Waals surface area contributed by atoms with Gasteiger partial charge in [0, 0.05) is 13.7 Å². The van der Waals surface area contributed by atoms with Gasteiger partial charge in [-0.25, -0.2) is 0 Å². The van der Waals surface area contributed by atoms with E-state index in [0.29, 0.717) is 17.7 Å². The average Bonchev–Trinajstić information content (AvgIpc) is 2.86. The highest BCUT2D eigenvalue weighted by Crippen LogP contribution is 2.23. The smallest absolute Gasteiger partial charge is 0.183 e. The van der Waals surface area contributed by atoms with Crippen molar-refractivity contribution in [1.29, 1.82) is 0 Å². The van der Waals surface area contributed by atoms with E-state index in [1.54, 1.807) is 14.2 Å². The van der Waals surface area contributed by atoms with Crippen LogP contribution >= 0.6 is 0 Å². The lowest BCUT2D eigenvalue weighted by molar-refractivity contribution is 0.0916. The number of nitrogens with one attached hydrogen (secondary N) is 1. The minimum atomic E-state index is -0.175. The van der Waals surface area contributed by atoms with Crippen LogP contribution in [-0.2, 0) is 4.74 Å². The third-order valence-electron chi connectivity index (χ3n) is 3.36. The zero-order valence-corrected chi connectivity index (χ0v) is 11.0. The summed E-state index contributed by atoms with van der Waals surface area (Å²) in [5.41, 5.74) is 1.70. The van der Waals surface area contributed by atoms with Crippen LogP contribution in [0.15, 0.2) is 18.2 Å². The number of carbonyl (C=O) groups excluding carboxylic acids is 1. The van der Waals surface area contributed by atoms with Crippen molar-refractivity contribution in [1.82, 2.24) is 5.32 Å². The highest BCUT2D eigenvalue weighted by molar-refractivity contribution is 6.02. The van der Waals surface area contributed by atoms with E-state index >= 15 is 0 Å². The predicted octanol–water partition coefficient (Wildman–Crippen LogP) is 1.56. The molecule has 1 aliphatic heterocycles. The number of methoxy groups -OCH3 is 2. The normalized spacial score (nSPS) is 23.1. The Morgan fingerprint density at radius 2 is 2.17 bits per heavy atom. The van der Waals surface area contributed by atoms with Crippen molar-refractivity contribution in [3.63, 3.8) is 0 Å². The van der Waals surface area contributed by atoms with Crippen molar-refractivity contribution in [2.75, 3.05) is 20.8 Å². The Morgan fingerprint density at radius 3 is 2.78 bits per heavy atom. The zero-order valence-electron chi connectivity index (χ0n) is 11.0. The standard InChI is InChI=1S/C14H19NO3/c1-9-4-5-13(18-3)11(6-9)14(16)12-7-10(17-2)8-15-12/h4-6,10,12,15H,7-8H2,1-3H3. The zero-order chi connectivity index (χ0) is 13.1. The molecule has 0 saturated carbocycles. The van der Waals surface area contributed by atoms with Crippen LogP contribution in [0.2, 0.25) is 0 Å². The molecule has 1 aromatic rings. The van der Waals surface area contributed by atoms with Crippen LogP contribution in [0.5, 0.6) is 5.75 Å². The van der Waals surface area contributed by atoms with E-state index in [4.69, 9.17) is 9.47 Å². The first kappa shape index (κ1) is 13.1. The lowest BCUT2D eigenvalue weighted by Gasteiger charge is -2.13. The summed E-state index contributed by atoms with van der Waals surface area (Å²) >= 11 is 0. The van der Waals surface area contributed by atoms with Crippen LogP contribution in [0.4, 0.5) is 0 Å². The van der Waals surface area contributed by atoms with Gasteiger partial charge in [-0.15, -0.1) is 0 Å². The van der Waals surface area contributed by atoms with E-state index in [2.05, 4.69) is 5.32 Å². The summed E-state index contributed by atoms with van der Waals surface area (Å²) in [4.78, 5) is 12.4. The second-order valence-corrected chi connectivity index (χ2v) is 4.62. The Morgan fingerprint density at radius 1 is 1.39 bits per heavy atom. The van der Waals surface area contributed by atoms with Gasteiger partial charge in [0.25, 0.3) is 0 Å². The molecule has 1 heterocycles. The minimum Gasteiger partial charge on any atom is -0.496 e. The highest BCUT2D eigenvalue weighted by atomic mass is 16.5. The molecule has 1 aliphatic rings. The van der Waals surface area contributed by atoms with Crippen molar-refractivity contribution >= 4 is 5.78 Å². The van der Waals surface area contributed by atoms with Gasteiger partial charge in [-0.2, -0.15) is 0 Å². The summed E-state index contributed by atoms with van der Waals surface area (Å²) in [5, 5.41) is 3.20. The van der Waals surface area contributed by atoms with Crippen LogP contribution in [-0.4, -0.2) is 38.7 Å². The topological polar surface area (TPSA) is 47.6 Å². The van der Waals surface area contributed by atoms with E-state index < -0.39 is 0 Å². The lowest BCUT2D eigenvalue weighted by Crippen LogP contribution is -2.31. The second kappa shape index (κ2) is 5.50. The van der Waals surface area contributed by atoms with Gasteiger partial charge >= 0.3 is 0 Å². The van der Waals surface area contributed by atoms with E-state index in [1.807, 2.05) is 25.1 Å². The number of carbonyl (C=O) groups is 1. The van der Waals surface area contributed by atoms with E-state index in [0.717, 1.165) is 12.1 Å². The molecule has 2 atom stereocenters. The molecule has 2 rings (SSSR count). The Labute approximate surface area is 107 Å². The van der Waals surface area contributed by atoms with Gasteiger partial charge in [0.1, 0.15) is 5.75 Å². The molecule has 1 N–H and O–H groups in total. The van der Waals surface area contributed by atoms with E-state index in [-0.39, 0.29) is 17.9 Å². The third-order valence-corrected chi connectivity index (χ3v) is 3.36. The number of aryl methyl sites for hydroxylation is 1. The molecule has 0 bridgehead atoms. The number of rotatable bonds is 4. The molecule has 1 aromatic carbocycles. The summed E-state index contributed by atoms with van der Waals surface area (Å²) in [6.45, 7) is 2.69. The minimum absolute atomic E-state index is 0.0788. The molecule has 0 aromatic heterocycles. The van der Waals surface area contributed by atoms with Gasteiger partial charge in [0.15, 0.2) is 5.78 Å². The molecule has 98 valence electrons. The number of hydrogen-bond donors (Lipinski definition) is 1. The Kier molecular flexibility index (Phi) is 3.99. The number of ketones is 1. The van der Waals surface area contributed by atoms with Crippen LogP contribution in [0.1, 0.15) is 22.3 Å². The first-order valence-electron chi connectivity index (χ1n) is 6.10. The third kappa shape index (κ3) is 2.54. The van der Waals surface area contributed by atoms with Crippen molar-refractivity contribution in [2.24, 2.45) is 0 Å². The van der Waals surface area contributed by atoms with Crippen LogP contribution < -0.4 is 10.1 Å². The molecular formula is C14H19NO3. The van der Waals surface area contributed by atoms with Crippen molar-refractivity contribution in [3.8, 4) is 5.75 Å². The first-order chi connectivity index (χ1) is 8.65. The summed E-state index contributed by atoms with van der Waals surface area (Å²) in [6, 6.07) is 5.48. The number of hydrogen-bond acceptors (Lipinski definition) is 4. The number of Topliss-reactive ketones (excluding diaryl/α,β-unsaturated/α-hetero) is 1. The average molecular weight is 249 g/mol. The molecule has 2 unspecified atom stereocenters. The first-order valence-corrected chi connectivity index (χ1v) is 6.10. The molecule has 0 spiro atoms. The molecule has 1 fully saturated rings. The molecule has 4 nitrogen and oxygen atoms in total. The second-order valence-electron chi connectivity index (χ2n) is 4.62. The van der Waals surface area contributed by atoms with Crippen molar-refractivity contribution < 1.29 is 14.3 Å². The predicted molar refractivity (Wildman–Crippen MR) is 69.3 cm³/mol. The van der Waals surface area contributed by atoms with E-state index in [9.17, 15) is 4.79 Å². The number of ether oxygens (including phenoxy) is 2. The molecule has 1 saturated heterocycles. The monoisotopic (exact) mass is 249 g/mol. The Bertz CT molecular complexity index is 445. The van der Waals surface area contributed by atoms with Gasteiger partial charge in [-0.05, 0) is 25.5 Å². The molecule has 18 heavy (non-hydrogen) atoms. The molecular weight excluding hydrogens is 230 g/mol. The molecule has 0 amide bonds. The van der Waals surface area contributed by atoms with Gasteiger partial charge < -0.3 is 14.8 Å². The summed E-state index contributed by atoms with van der Waals surface area (Å²) < 4.78 is 10.5. The van der Waals surface area contributed by atoms with Gasteiger partial charge in [-0.1, -0.05) is 11.6 Å². The molecule has 0 radical (unpaired) electrons. The summed E-state index contributed by atoms with van der Waals surface area (Å²) in [6.07, 6.45) is 0.835. The van der Waals surface area contributed by atoms with Gasteiger partial charge in [0.05, 0.1) is 24.8 Å². The van der Waals surface area contributed by atoms with Crippen molar-refractivity contribution in [2.45, 2.75) is 25.5 Å². The fraction of sp³-hybridized carbons (Fsp3) is 0.500. The molecule has 4 heteroatoms. The number of benzene rings is 1. The van der Waals surface area contributed by atoms with E-state index in [1.165, 1.54) is 0 Å². The Balaban J connectivity index is 2.21. The largest absolute Gasteiger partial charge is 0.496 e. The van der Waals surface area contributed by atoms with Crippen LogP contribution in [0, 0.1) is 6.92 Å². The summed E-state index contributed by atoms with van der Waals surface area (Å²) in [7, 11) is 3.26. The fourth-order valence-electron chi connectivity index (χ4n) is 2.28. The Hall–Kier alpha value is -1.39. The maximum Gasteiger partial charge on any atom is 0.183 e. The van der Waals surface area contributed by atoms with Crippen LogP contribution in [0.25, 0.3) is 0 Å². The van der Waals surface area contributed by atoms with Crippen LogP contribution in [0.3, 0.4) is 0 Å². The SMILES string of the molecule is COc1ccc(C)cc1C(=O)C1CC(OC)CN1. The maximum atomic E-state index is 12.4. The lowest BCUT2D eigenvalue weighted by atomic mass is 9.99. The van der Waals surface area contributed by atoms with Gasteiger partial charge in [-0.3, -0.25) is 4.79 Å². The fourth-order valence-corrected chi connectivity index (χ4v) is 2.28. The summed E-state index contributed by atoms with van der Waals surface area (Å²) in [5.74, 6) is 0.711. The highest BCUT2D eigenvalue weighted by Gasteiger charge is 2.31. The molecule has 0 aliphatic carbocycles. The van der Waals surface area contributed by atoms with Gasteiger partial charge in [0.2, 0.25) is 0 Å².